The molecule has 1 fully saturated rings. The van der Waals surface area contributed by atoms with E-state index in [-0.39, 0.29) is 19.7 Å². The van der Waals surface area contributed by atoms with Crippen LogP contribution < -0.4 is 0 Å². The van der Waals surface area contributed by atoms with E-state index >= 15 is 0 Å². The van der Waals surface area contributed by atoms with E-state index in [1.54, 1.807) is 13.8 Å². The van der Waals surface area contributed by atoms with E-state index in [0.717, 1.165) is 0 Å². The first-order valence-electron chi connectivity index (χ1n) is 5.77. The molecule has 0 aromatic rings. The molecule has 1 heterocycles. The Bertz CT molecular complexity index is 326. The highest BCUT2D eigenvalue weighted by Gasteiger charge is 2.35. The van der Waals surface area contributed by atoms with Gasteiger partial charge in [0.05, 0.1) is 25.4 Å². The number of ether oxygens (including phenoxy) is 1. The average molecular weight is 260 g/mol. The molecule has 1 unspecified atom stereocenters. The summed E-state index contributed by atoms with van der Waals surface area (Å²) in [6.07, 6.45) is 0. The normalized spacial score (nSPS) is 20.7. The zero-order valence-corrected chi connectivity index (χ0v) is 10.9. The van der Waals surface area contributed by atoms with Crippen molar-refractivity contribution in [2.24, 2.45) is 0 Å². The minimum atomic E-state index is -1.08. The first-order valence-corrected chi connectivity index (χ1v) is 5.77. The van der Waals surface area contributed by atoms with Crippen LogP contribution in [0.4, 0.5) is 4.79 Å². The molecular weight excluding hydrogens is 240 g/mol. The van der Waals surface area contributed by atoms with E-state index < -0.39 is 23.6 Å². The monoisotopic (exact) mass is 260 g/mol. The summed E-state index contributed by atoms with van der Waals surface area (Å²) in [5.74, 6) is -1.08. The lowest BCUT2D eigenvalue weighted by atomic mass is 10.1. The van der Waals surface area contributed by atoms with Crippen LogP contribution in [0.1, 0.15) is 13.8 Å². The van der Waals surface area contributed by atoms with Gasteiger partial charge in [-0.25, -0.2) is 9.59 Å². The van der Waals surface area contributed by atoms with Gasteiger partial charge in [-0.2, -0.15) is 0 Å². The molecule has 2 N–H and O–H groups in total. The molecule has 1 saturated heterocycles. The maximum atomic E-state index is 12.1. The van der Waals surface area contributed by atoms with Crippen molar-refractivity contribution < 1.29 is 24.5 Å². The number of urea groups is 1. The van der Waals surface area contributed by atoms with E-state index in [4.69, 9.17) is 9.84 Å². The third-order valence-corrected chi connectivity index (χ3v) is 2.61. The van der Waals surface area contributed by atoms with Crippen LogP contribution >= 0.6 is 0 Å². The topological polar surface area (TPSA) is 90.3 Å². The number of hydrogen-bond donors (Lipinski definition) is 2. The number of aliphatic hydroxyl groups is 1. The van der Waals surface area contributed by atoms with Gasteiger partial charge < -0.3 is 24.7 Å². The van der Waals surface area contributed by atoms with Gasteiger partial charge in [-0.1, -0.05) is 0 Å². The Morgan fingerprint density at radius 1 is 1.50 bits per heavy atom. The summed E-state index contributed by atoms with van der Waals surface area (Å²) >= 11 is 0. The Kier molecular flexibility index (Phi) is 4.53. The Hall–Kier alpha value is -1.34. The second-order valence-corrected chi connectivity index (χ2v) is 5.07. The number of carbonyl (C=O) groups excluding carboxylic acids is 1. The third-order valence-electron chi connectivity index (χ3n) is 2.61. The molecule has 18 heavy (non-hydrogen) atoms. The SMILES string of the molecule is CN(CC(C)(C)O)C(=O)N1CCOCC1C(=O)O. The molecule has 0 spiro atoms. The average Bonchev–Trinajstić information content (AvgIpc) is 2.25. The van der Waals surface area contributed by atoms with Crippen LogP contribution in [0.2, 0.25) is 0 Å². The molecule has 1 rings (SSSR count). The fourth-order valence-electron chi connectivity index (χ4n) is 1.90. The van der Waals surface area contributed by atoms with Crippen molar-refractivity contribution >= 4 is 12.0 Å². The van der Waals surface area contributed by atoms with Crippen molar-refractivity contribution in [3.05, 3.63) is 0 Å². The molecule has 7 nitrogen and oxygen atoms in total. The van der Waals surface area contributed by atoms with Gasteiger partial charge in [-0.05, 0) is 13.8 Å². The van der Waals surface area contributed by atoms with Gasteiger partial charge in [-0.15, -0.1) is 0 Å². The highest BCUT2D eigenvalue weighted by Crippen LogP contribution is 2.12. The van der Waals surface area contributed by atoms with Crippen LogP contribution in [0.15, 0.2) is 0 Å². The van der Waals surface area contributed by atoms with Crippen LogP contribution in [0.3, 0.4) is 0 Å². The van der Waals surface area contributed by atoms with Gasteiger partial charge >= 0.3 is 12.0 Å². The van der Waals surface area contributed by atoms with Crippen molar-refractivity contribution in [2.75, 3.05) is 33.4 Å². The van der Waals surface area contributed by atoms with Crippen LogP contribution in [0, 0.1) is 0 Å². The largest absolute Gasteiger partial charge is 0.480 e. The molecule has 1 atom stereocenters. The number of nitrogens with zero attached hydrogens (tertiary/aromatic N) is 2. The zero-order chi connectivity index (χ0) is 13.9. The molecule has 1 aliphatic heterocycles. The Labute approximate surface area is 106 Å². The number of hydrogen-bond acceptors (Lipinski definition) is 4. The Balaban J connectivity index is 2.71. The van der Waals surface area contributed by atoms with Crippen LogP contribution in [0.5, 0.6) is 0 Å². The molecule has 0 aromatic carbocycles. The molecule has 104 valence electrons. The van der Waals surface area contributed by atoms with Gasteiger partial charge in [0, 0.05) is 13.6 Å². The fraction of sp³-hybridized carbons (Fsp3) is 0.818. The number of rotatable bonds is 3. The Morgan fingerprint density at radius 3 is 2.61 bits per heavy atom. The summed E-state index contributed by atoms with van der Waals surface area (Å²) in [6, 6.07) is -1.37. The van der Waals surface area contributed by atoms with Crippen molar-refractivity contribution in [1.82, 2.24) is 9.80 Å². The minimum absolute atomic E-state index is 0.00255. The number of carboxylic acids is 1. The summed E-state index contributed by atoms with van der Waals surface area (Å²) in [5, 5.41) is 18.7. The summed E-state index contributed by atoms with van der Waals surface area (Å²) in [6.45, 7) is 3.88. The molecule has 0 radical (unpaired) electrons. The van der Waals surface area contributed by atoms with Crippen molar-refractivity contribution in [2.45, 2.75) is 25.5 Å². The van der Waals surface area contributed by atoms with Crippen molar-refractivity contribution in [1.29, 1.82) is 0 Å². The number of morpholine rings is 1. The number of amides is 2. The minimum Gasteiger partial charge on any atom is -0.480 e. The maximum Gasteiger partial charge on any atom is 0.328 e. The summed E-state index contributed by atoms with van der Waals surface area (Å²) < 4.78 is 5.06. The van der Waals surface area contributed by atoms with Gasteiger partial charge in [0.2, 0.25) is 0 Å². The molecule has 1 aliphatic rings. The third kappa shape index (κ3) is 3.85. The van der Waals surface area contributed by atoms with E-state index in [0.29, 0.717) is 6.61 Å². The van der Waals surface area contributed by atoms with Crippen LogP contribution in [-0.4, -0.2) is 77.0 Å². The predicted molar refractivity (Wildman–Crippen MR) is 63.3 cm³/mol. The van der Waals surface area contributed by atoms with Gasteiger partial charge in [0.25, 0.3) is 0 Å². The van der Waals surface area contributed by atoms with E-state index in [1.807, 2.05) is 0 Å². The molecule has 0 bridgehead atoms. The molecule has 2 amide bonds. The zero-order valence-electron chi connectivity index (χ0n) is 10.9. The summed E-state index contributed by atoms with van der Waals surface area (Å²) in [5.41, 5.74) is -1.02. The standard InChI is InChI=1S/C11H20N2O5/c1-11(2,17)7-12(3)10(16)13-4-5-18-6-8(13)9(14)15/h8,17H,4-7H2,1-3H3,(H,14,15). The fourth-order valence-corrected chi connectivity index (χ4v) is 1.90. The summed E-state index contributed by atoms with van der Waals surface area (Å²) in [4.78, 5) is 25.7. The van der Waals surface area contributed by atoms with Gasteiger partial charge in [0.1, 0.15) is 0 Å². The van der Waals surface area contributed by atoms with Gasteiger partial charge in [-0.3, -0.25) is 0 Å². The van der Waals surface area contributed by atoms with E-state index in [9.17, 15) is 14.7 Å². The predicted octanol–water partition coefficient (Wildman–Crippen LogP) is -0.405. The van der Waals surface area contributed by atoms with Gasteiger partial charge in [0.15, 0.2) is 6.04 Å². The van der Waals surface area contributed by atoms with E-state index in [1.165, 1.54) is 16.8 Å². The lowest BCUT2D eigenvalue weighted by Gasteiger charge is -2.37. The molecule has 0 aromatic heterocycles. The number of carboxylic acid groups (broad SMARTS) is 1. The van der Waals surface area contributed by atoms with E-state index in [2.05, 4.69) is 0 Å². The van der Waals surface area contributed by atoms with Crippen LogP contribution in [-0.2, 0) is 9.53 Å². The number of carbonyl (C=O) groups is 2. The van der Waals surface area contributed by atoms with Crippen molar-refractivity contribution in [3.63, 3.8) is 0 Å². The quantitative estimate of drug-likeness (QED) is 0.720. The second-order valence-electron chi connectivity index (χ2n) is 5.07. The second kappa shape index (κ2) is 5.53. The summed E-state index contributed by atoms with van der Waals surface area (Å²) in [7, 11) is 1.54. The number of aliphatic carboxylic acids is 1. The molecular formula is C11H20N2O5. The first-order chi connectivity index (χ1) is 8.22. The maximum absolute atomic E-state index is 12.1. The number of likely N-dealkylation sites (N-methyl/N-ethyl adjacent to an activating group) is 1. The highest BCUT2D eigenvalue weighted by atomic mass is 16.5. The highest BCUT2D eigenvalue weighted by molar-refractivity contribution is 5.83. The molecule has 7 heteroatoms. The molecule has 0 saturated carbocycles. The molecule has 0 aliphatic carbocycles. The smallest absolute Gasteiger partial charge is 0.328 e. The Morgan fingerprint density at radius 2 is 2.11 bits per heavy atom. The van der Waals surface area contributed by atoms with Crippen LogP contribution in [0.25, 0.3) is 0 Å². The lowest BCUT2D eigenvalue weighted by Crippen LogP contribution is -2.57. The van der Waals surface area contributed by atoms with Crippen molar-refractivity contribution in [3.8, 4) is 0 Å². The lowest BCUT2D eigenvalue weighted by molar-refractivity contribution is -0.147. The first kappa shape index (κ1) is 14.7.